The molecule has 0 unspecified atom stereocenters. The van der Waals surface area contributed by atoms with Crippen molar-refractivity contribution in [3.63, 3.8) is 0 Å². The Morgan fingerprint density at radius 1 is 0.800 bits per heavy atom. The predicted octanol–water partition coefficient (Wildman–Crippen LogP) is 5.00. The van der Waals surface area contributed by atoms with Gasteiger partial charge in [0.05, 0.1) is 5.70 Å². The number of aromatic nitrogens is 1. The first-order valence-corrected chi connectivity index (χ1v) is 9.00. The lowest BCUT2D eigenvalue weighted by molar-refractivity contribution is -0.695. The first kappa shape index (κ1) is 15.6. The van der Waals surface area contributed by atoms with Crippen LogP contribution >= 0.6 is 0 Å². The van der Waals surface area contributed by atoms with E-state index in [9.17, 15) is 0 Å². The molecule has 0 N–H and O–H groups in total. The van der Waals surface area contributed by atoms with Crippen LogP contribution in [0.25, 0.3) is 22.9 Å². The monoisotopic (exact) mass is 327 g/mol. The van der Waals surface area contributed by atoms with Gasteiger partial charge in [0.25, 0.3) is 0 Å². The SMILES string of the molecule is CCN1/C(=C/c2cccc[n+]2CC)c2ccccc2-c2ccccc21. The van der Waals surface area contributed by atoms with Gasteiger partial charge in [-0.25, -0.2) is 0 Å². The quantitative estimate of drug-likeness (QED) is 0.614. The van der Waals surface area contributed by atoms with E-state index in [1.54, 1.807) is 0 Å². The summed E-state index contributed by atoms with van der Waals surface area (Å²) in [4.78, 5) is 2.42. The van der Waals surface area contributed by atoms with E-state index in [1.807, 2.05) is 0 Å². The molecule has 0 saturated carbocycles. The minimum absolute atomic E-state index is 0.941. The highest BCUT2D eigenvalue weighted by atomic mass is 15.1. The standard InChI is InChI=1S/C23H23N2/c1-3-24-16-10-9-11-18(24)17-23-21-14-6-5-12-19(21)20-13-7-8-15-22(20)25(23)4-2/h5-17H,3-4H2,1-2H3/q+1. The van der Waals surface area contributed by atoms with Crippen molar-refractivity contribution in [2.24, 2.45) is 0 Å². The molecule has 124 valence electrons. The van der Waals surface area contributed by atoms with Crippen LogP contribution in [-0.2, 0) is 6.54 Å². The minimum Gasteiger partial charge on any atom is -0.341 e. The molecule has 4 rings (SSSR count). The van der Waals surface area contributed by atoms with Gasteiger partial charge in [-0.1, -0.05) is 42.5 Å². The Morgan fingerprint density at radius 2 is 1.48 bits per heavy atom. The van der Waals surface area contributed by atoms with Gasteiger partial charge in [0, 0.05) is 41.6 Å². The van der Waals surface area contributed by atoms with Gasteiger partial charge in [-0.2, -0.15) is 4.57 Å². The largest absolute Gasteiger partial charge is 0.341 e. The van der Waals surface area contributed by atoms with Crippen LogP contribution in [0, 0.1) is 0 Å². The number of fused-ring (bicyclic) bond motifs is 3. The van der Waals surface area contributed by atoms with Crippen molar-refractivity contribution >= 4 is 17.5 Å². The molecule has 2 nitrogen and oxygen atoms in total. The maximum Gasteiger partial charge on any atom is 0.207 e. The molecule has 2 heteroatoms. The van der Waals surface area contributed by atoms with Crippen LogP contribution in [0.4, 0.5) is 5.69 Å². The molecule has 1 aromatic heterocycles. The van der Waals surface area contributed by atoms with Gasteiger partial charge in [-0.15, -0.1) is 0 Å². The van der Waals surface area contributed by atoms with Crippen molar-refractivity contribution in [3.8, 4) is 11.1 Å². The molecule has 1 aliphatic rings. The summed E-state index contributed by atoms with van der Waals surface area (Å²) in [5, 5.41) is 0. The van der Waals surface area contributed by atoms with E-state index in [0.717, 1.165) is 13.1 Å². The predicted molar refractivity (Wildman–Crippen MR) is 105 cm³/mol. The molecule has 0 aliphatic carbocycles. The van der Waals surface area contributed by atoms with Crippen molar-refractivity contribution in [2.45, 2.75) is 20.4 Å². The molecule has 3 aromatic rings. The highest BCUT2D eigenvalue weighted by Crippen LogP contribution is 2.44. The molecule has 0 saturated heterocycles. The van der Waals surface area contributed by atoms with Crippen LogP contribution < -0.4 is 9.47 Å². The van der Waals surface area contributed by atoms with Crippen LogP contribution in [0.15, 0.2) is 72.9 Å². The molecule has 2 heterocycles. The molecule has 0 amide bonds. The van der Waals surface area contributed by atoms with Gasteiger partial charge in [0.15, 0.2) is 6.20 Å². The first-order chi connectivity index (χ1) is 12.3. The Hall–Kier alpha value is -2.87. The molecular weight excluding hydrogens is 304 g/mol. The minimum atomic E-state index is 0.941. The number of para-hydroxylation sites is 1. The molecule has 0 fully saturated rings. The molecule has 2 aromatic carbocycles. The Kier molecular flexibility index (Phi) is 4.10. The summed E-state index contributed by atoms with van der Waals surface area (Å²) in [6.45, 7) is 6.31. The number of aryl methyl sites for hydroxylation is 1. The lowest BCUT2D eigenvalue weighted by atomic mass is 9.90. The van der Waals surface area contributed by atoms with E-state index in [1.165, 1.54) is 33.8 Å². The van der Waals surface area contributed by atoms with E-state index in [4.69, 9.17) is 0 Å². The fraction of sp³-hybridized carbons (Fsp3) is 0.174. The van der Waals surface area contributed by atoms with Crippen LogP contribution in [0.3, 0.4) is 0 Å². The fourth-order valence-corrected chi connectivity index (χ4v) is 3.70. The summed E-state index contributed by atoms with van der Waals surface area (Å²) in [5.41, 5.74) is 7.71. The second kappa shape index (κ2) is 6.56. The molecule has 0 radical (unpaired) electrons. The molecule has 0 spiro atoms. The number of benzene rings is 2. The molecule has 1 aliphatic heterocycles. The smallest absolute Gasteiger partial charge is 0.207 e. The van der Waals surface area contributed by atoms with E-state index in [0.29, 0.717) is 0 Å². The second-order valence-corrected chi connectivity index (χ2v) is 6.25. The lowest BCUT2D eigenvalue weighted by Crippen LogP contribution is -2.35. The van der Waals surface area contributed by atoms with Crippen molar-refractivity contribution in [1.82, 2.24) is 0 Å². The van der Waals surface area contributed by atoms with E-state index >= 15 is 0 Å². The zero-order valence-electron chi connectivity index (χ0n) is 14.8. The molecule has 0 bridgehead atoms. The van der Waals surface area contributed by atoms with Crippen LogP contribution in [0.1, 0.15) is 25.1 Å². The van der Waals surface area contributed by atoms with Crippen molar-refractivity contribution in [2.75, 3.05) is 11.4 Å². The summed E-state index contributed by atoms with van der Waals surface area (Å²) in [6.07, 6.45) is 4.47. The van der Waals surface area contributed by atoms with Gasteiger partial charge in [-0.3, -0.25) is 0 Å². The number of nitrogens with zero attached hydrogens (tertiary/aromatic N) is 2. The van der Waals surface area contributed by atoms with Gasteiger partial charge in [0.2, 0.25) is 5.69 Å². The van der Waals surface area contributed by atoms with Crippen molar-refractivity contribution < 1.29 is 4.57 Å². The van der Waals surface area contributed by atoms with Gasteiger partial charge in [-0.05, 0) is 31.5 Å². The summed E-state index contributed by atoms with van der Waals surface area (Å²) >= 11 is 0. The number of rotatable bonds is 3. The first-order valence-electron chi connectivity index (χ1n) is 9.00. The van der Waals surface area contributed by atoms with Crippen LogP contribution in [0.2, 0.25) is 0 Å². The Labute approximate surface area is 149 Å². The maximum atomic E-state index is 2.42. The average Bonchev–Trinajstić information content (AvgIpc) is 2.68. The topological polar surface area (TPSA) is 7.12 Å². The second-order valence-electron chi connectivity index (χ2n) is 6.25. The number of anilines is 1. The van der Waals surface area contributed by atoms with Crippen LogP contribution in [-0.4, -0.2) is 6.54 Å². The normalized spacial score (nSPS) is 14.3. The van der Waals surface area contributed by atoms with Gasteiger partial charge >= 0.3 is 0 Å². The third-order valence-corrected chi connectivity index (χ3v) is 4.90. The van der Waals surface area contributed by atoms with Gasteiger partial charge in [0.1, 0.15) is 6.54 Å². The summed E-state index contributed by atoms with van der Waals surface area (Å²) < 4.78 is 2.28. The highest BCUT2D eigenvalue weighted by Gasteiger charge is 2.25. The average molecular weight is 327 g/mol. The van der Waals surface area contributed by atoms with E-state index in [-0.39, 0.29) is 0 Å². The zero-order valence-corrected chi connectivity index (χ0v) is 14.8. The summed E-state index contributed by atoms with van der Waals surface area (Å²) in [7, 11) is 0. The molecule has 0 atom stereocenters. The number of pyridine rings is 1. The maximum absolute atomic E-state index is 2.42. The molecule has 25 heavy (non-hydrogen) atoms. The zero-order chi connectivity index (χ0) is 17.2. The Morgan fingerprint density at radius 3 is 2.24 bits per heavy atom. The lowest BCUT2D eigenvalue weighted by Gasteiger charge is -2.34. The van der Waals surface area contributed by atoms with E-state index < -0.39 is 0 Å². The van der Waals surface area contributed by atoms with E-state index in [2.05, 4.69) is 102 Å². The summed E-state index contributed by atoms with van der Waals surface area (Å²) in [5.74, 6) is 0. The van der Waals surface area contributed by atoms with Gasteiger partial charge < -0.3 is 4.90 Å². The van der Waals surface area contributed by atoms with Crippen LogP contribution in [0.5, 0.6) is 0 Å². The third kappa shape index (κ3) is 2.64. The Balaban J connectivity index is 1.97. The molecular formula is C23H23N2+. The number of hydrogen-bond donors (Lipinski definition) is 0. The number of hydrogen-bond acceptors (Lipinski definition) is 1. The fourth-order valence-electron chi connectivity index (χ4n) is 3.70. The third-order valence-electron chi connectivity index (χ3n) is 4.90. The summed E-state index contributed by atoms with van der Waals surface area (Å²) in [6, 6.07) is 23.8. The van der Waals surface area contributed by atoms with Crippen molar-refractivity contribution in [1.29, 1.82) is 0 Å². The highest BCUT2D eigenvalue weighted by molar-refractivity contribution is 6.02. The Bertz CT molecular complexity index is 940. The van der Waals surface area contributed by atoms with Crippen molar-refractivity contribution in [3.05, 3.63) is 84.2 Å².